The Hall–Kier alpha value is -1.96. The summed E-state index contributed by atoms with van der Waals surface area (Å²) < 4.78 is 36.0. The Morgan fingerprint density at radius 2 is 1.89 bits per heavy atom. The smallest absolute Gasteiger partial charge is 0.304 e. The van der Waals surface area contributed by atoms with E-state index in [2.05, 4.69) is 5.32 Å². The first-order valence-electron chi connectivity index (χ1n) is 5.27. The summed E-state index contributed by atoms with van der Waals surface area (Å²) in [6.45, 7) is 0. The minimum absolute atomic E-state index is 0.124. The van der Waals surface area contributed by atoms with Gasteiger partial charge >= 0.3 is 5.97 Å². The second-order valence-electron chi connectivity index (χ2n) is 3.76. The molecule has 2 N–H and O–H groups in total. The van der Waals surface area contributed by atoms with Crippen LogP contribution in [0.4, 0.5) is 10.1 Å². The van der Waals surface area contributed by atoms with Crippen molar-refractivity contribution in [1.82, 2.24) is 0 Å². The molecular formula is C11H12FNO5S. The predicted octanol–water partition coefficient (Wildman–Crippen LogP) is 0.654. The molecule has 0 radical (unpaired) electrons. The molecule has 0 saturated heterocycles. The molecule has 104 valence electrons. The van der Waals surface area contributed by atoms with E-state index in [-0.39, 0.29) is 5.69 Å². The molecule has 0 fully saturated rings. The van der Waals surface area contributed by atoms with E-state index in [1.54, 1.807) is 0 Å². The van der Waals surface area contributed by atoms with Crippen molar-refractivity contribution in [3.63, 3.8) is 0 Å². The lowest BCUT2D eigenvalue weighted by atomic mass is 10.3. The predicted molar refractivity (Wildman–Crippen MR) is 65.9 cm³/mol. The van der Waals surface area contributed by atoms with Crippen LogP contribution in [0.15, 0.2) is 24.3 Å². The molecule has 0 aliphatic carbocycles. The van der Waals surface area contributed by atoms with Crippen LogP contribution in [0.3, 0.4) is 0 Å². The van der Waals surface area contributed by atoms with Crippen molar-refractivity contribution < 1.29 is 27.5 Å². The highest BCUT2D eigenvalue weighted by molar-refractivity contribution is 7.92. The van der Waals surface area contributed by atoms with E-state index in [9.17, 15) is 22.4 Å². The van der Waals surface area contributed by atoms with Crippen molar-refractivity contribution in [3.8, 4) is 0 Å². The van der Waals surface area contributed by atoms with Gasteiger partial charge in [-0.15, -0.1) is 0 Å². The zero-order chi connectivity index (χ0) is 14.5. The number of nitrogens with one attached hydrogen (secondary N) is 1. The fourth-order valence-electron chi connectivity index (χ4n) is 1.26. The molecule has 19 heavy (non-hydrogen) atoms. The molecule has 0 spiro atoms. The monoisotopic (exact) mass is 289 g/mol. The van der Waals surface area contributed by atoms with Crippen LogP contribution in [0.1, 0.15) is 6.42 Å². The average Bonchev–Trinajstić information content (AvgIpc) is 2.29. The second kappa shape index (κ2) is 6.28. The van der Waals surface area contributed by atoms with E-state index >= 15 is 0 Å². The van der Waals surface area contributed by atoms with Gasteiger partial charge in [0.2, 0.25) is 5.91 Å². The Labute approximate surface area is 109 Å². The number of hydrogen-bond acceptors (Lipinski definition) is 4. The number of hydrogen-bond donors (Lipinski definition) is 2. The number of benzene rings is 1. The average molecular weight is 289 g/mol. The molecule has 0 atom stereocenters. The number of rotatable bonds is 6. The summed E-state index contributed by atoms with van der Waals surface area (Å²) in [6, 6.07) is 5.32. The van der Waals surface area contributed by atoms with Gasteiger partial charge in [-0.3, -0.25) is 9.59 Å². The highest BCUT2D eigenvalue weighted by Crippen LogP contribution is 2.12. The molecule has 1 aromatic rings. The number of aliphatic carboxylic acids is 1. The molecular weight excluding hydrogens is 277 g/mol. The number of anilines is 1. The minimum Gasteiger partial charge on any atom is -0.481 e. The first-order chi connectivity index (χ1) is 8.80. The summed E-state index contributed by atoms with van der Waals surface area (Å²) in [6.07, 6.45) is -0.574. The maximum atomic E-state index is 13.2. The first-order valence-corrected chi connectivity index (χ1v) is 7.09. The number of carboxylic acid groups (broad SMARTS) is 1. The number of carbonyl (C=O) groups excluding carboxylic acids is 1. The van der Waals surface area contributed by atoms with Gasteiger partial charge in [0, 0.05) is 0 Å². The van der Waals surface area contributed by atoms with Crippen LogP contribution in [-0.4, -0.2) is 36.9 Å². The van der Waals surface area contributed by atoms with Gasteiger partial charge in [0.05, 0.1) is 17.9 Å². The second-order valence-corrected chi connectivity index (χ2v) is 5.95. The Morgan fingerprint density at radius 1 is 1.26 bits per heavy atom. The van der Waals surface area contributed by atoms with Crippen molar-refractivity contribution >= 4 is 27.4 Å². The normalized spacial score (nSPS) is 11.0. The summed E-state index contributed by atoms with van der Waals surface area (Å²) >= 11 is 0. The molecule has 0 bridgehead atoms. The SMILES string of the molecule is O=C(O)CCS(=O)(=O)CC(=O)Nc1ccccc1F. The van der Waals surface area contributed by atoms with Crippen LogP contribution in [0, 0.1) is 5.82 Å². The number of halogens is 1. The number of amides is 1. The number of carbonyl (C=O) groups is 2. The Balaban J connectivity index is 2.61. The highest BCUT2D eigenvalue weighted by Gasteiger charge is 2.18. The van der Waals surface area contributed by atoms with Gasteiger partial charge in [0.25, 0.3) is 0 Å². The van der Waals surface area contributed by atoms with Crippen LogP contribution >= 0.6 is 0 Å². The van der Waals surface area contributed by atoms with Crippen LogP contribution in [0.25, 0.3) is 0 Å². The van der Waals surface area contributed by atoms with E-state index in [0.29, 0.717) is 0 Å². The lowest BCUT2D eigenvalue weighted by molar-refractivity contribution is -0.136. The summed E-state index contributed by atoms with van der Waals surface area (Å²) in [5, 5.41) is 10.5. The van der Waals surface area contributed by atoms with Crippen molar-refractivity contribution in [2.75, 3.05) is 16.8 Å². The highest BCUT2D eigenvalue weighted by atomic mass is 32.2. The number of sulfone groups is 1. The van der Waals surface area contributed by atoms with E-state index in [0.717, 1.165) is 6.07 Å². The van der Waals surface area contributed by atoms with Gasteiger partial charge in [0.1, 0.15) is 11.6 Å². The zero-order valence-corrected chi connectivity index (χ0v) is 10.6. The lowest BCUT2D eigenvalue weighted by Gasteiger charge is -2.06. The maximum absolute atomic E-state index is 13.2. The zero-order valence-electron chi connectivity index (χ0n) is 9.80. The molecule has 6 nitrogen and oxygen atoms in total. The fraction of sp³-hybridized carbons (Fsp3) is 0.273. The lowest BCUT2D eigenvalue weighted by Crippen LogP contribution is -2.25. The van der Waals surface area contributed by atoms with Crippen molar-refractivity contribution in [2.45, 2.75) is 6.42 Å². The molecule has 1 amide bonds. The first kappa shape index (κ1) is 15.1. The summed E-state index contributed by atoms with van der Waals surface area (Å²) in [7, 11) is -3.82. The van der Waals surface area contributed by atoms with Crippen LogP contribution in [0.5, 0.6) is 0 Å². The molecule has 0 aromatic heterocycles. The van der Waals surface area contributed by atoms with E-state index < -0.39 is 45.5 Å². The third-order valence-electron chi connectivity index (χ3n) is 2.13. The molecule has 0 saturated carbocycles. The summed E-state index contributed by atoms with van der Waals surface area (Å²) in [4.78, 5) is 21.7. The van der Waals surface area contributed by atoms with Gasteiger partial charge in [0.15, 0.2) is 9.84 Å². The molecule has 1 aromatic carbocycles. The Kier molecular flexibility index (Phi) is 4.99. The topological polar surface area (TPSA) is 101 Å². The molecule has 1 rings (SSSR count). The molecule has 0 aliphatic rings. The minimum atomic E-state index is -3.82. The molecule has 0 unspecified atom stereocenters. The van der Waals surface area contributed by atoms with Crippen molar-refractivity contribution in [1.29, 1.82) is 0 Å². The van der Waals surface area contributed by atoms with Gasteiger partial charge in [-0.05, 0) is 12.1 Å². The van der Waals surface area contributed by atoms with E-state index in [1.165, 1.54) is 18.2 Å². The van der Waals surface area contributed by atoms with Gasteiger partial charge in [-0.25, -0.2) is 12.8 Å². The molecule has 0 heterocycles. The van der Waals surface area contributed by atoms with Gasteiger partial charge in [-0.2, -0.15) is 0 Å². The van der Waals surface area contributed by atoms with Gasteiger partial charge < -0.3 is 10.4 Å². The Morgan fingerprint density at radius 3 is 2.47 bits per heavy atom. The fourth-order valence-corrected chi connectivity index (χ4v) is 2.37. The summed E-state index contributed by atoms with van der Waals surface area (Å²) in [5.74, 6) is -4.37. The standard InChI is InChI=1S/C11H12FNO5S/c12-8-3-1-2-4-9(8)13-10(14)7-19(17,18)6-5-11(15)16/h1-4H,5-7H2,(H,13,14)(H,15,16). The van der Waals surface area contributed by atoms with E-state index in [1.807, 2.05) is 0 Å². The largest absolute Gasteiger partial charge is 0.481 e. The third-order valence-corrected chi connectivity index (χ3v) is 3.65. The van der Waals surface area contributed by atoms with Crippen LogP contribution in [-0.2, 0) is 19.4 Å². The van der Waals surface area contributed by atoms with Crippen molar-refractivity contribution in [3.05, 3.63) is 30.1 Å². The van der Waals surface area contributed by atoms with Crippen LogP contribution in [0.2, 0.25) is 0 Å². The number of carboxylic acids is 1. The number of para-hydroxylation sites is 1. The summed E-state index contributed by atoms with van der Waals surface area (Å²) in [5.41, 5.74) is -0.124. The van der Waals surface area contributed by atoms with Gasteiger partial charge in [-0.1, -0.05) is 12.1 Å². The molecule has 0 aliphatic heterocycles. The maximum Gasteiger partial charge on any atom is 0.304 e. The quantitative estimate of drug-likeness (QED) is 0.801. The Bertz CT molecular complexity index is 585. The van der Waals surface area contributed by atoms with Crippen molar-refractivity contribution in [2.24, 2.45) is 0 Å². The third kappa shape index (κ3) is 5.47. The van der Waals surface area contributed by atoms with E-state index in [4.69, 9.17) is 5.11 Å². The van der Waals surface area contributed by atoms with Crippen LogP contribution < -0.4 is 5.32 Å². The molecule has 8 heteroatoms.